The Morgan fingerprint density at radius 1 is 1.02 bits per heavy atom. The number of rotatable bonds is 7. The summed E-state index contributed by atoms with van der Waals surface area (Å²) in [5, 5.41) is 63.4. The number of aliphatic hydroxyl groups excluding tert-OH is 3. The van der Waals surface area contributed by atoms with Crippen molar-refractivity contribution in [3.05, 3.63) is 47.0 Å². The highest BCUT2D eigenvalue weighted by Gasteiger charge is 2.75. The van der Waals surface area contributed by atoms with Crippen LogP contribution in [0.15, 0.2) is 41.5 Å². The third-order valence-corrected chi connectivity index (χ3v) is 11.8. The predicted octanol–water partition coefficient (Wildman–Crippen LogP) is 1.92. The molecular formula is C36H53NO12. The third kappa shape index (κ3) is 5.89. The molecule has 1 heterocycles. The summed E-state index contributed by atoms with van der Waals surface area (Å²) in [7, 11) is 2.90. The number of aliphatic hydroxyl groups is 5. The molecule has 0 spiro atoms. The van der Waals surface area contributed by atoms with Gasteiger partial charge in [-0.25, -0.2) is 9.59 Å². The van der Waals surface area contributed by atoms with E-state index in [2.05, 4.69) is 5.32 Å². The largest absolute Gasteiger partial charge is 0.456 e. The molecule has 1 aromatic rings. The topological polar surface area (TPSA) is 193 Å². The van der Waals surface area contributed by atoms with Crippen LogP contribution in [0, 0.1) is 16.7 Å². The minimum Gasteiger partial charge on any atom is -0.456 e. The predicted molar refractivity (Wildman–Crippen MR) is 175 cm³/mol. The number of carbonyl (C=O) groups excluding carboxylic acids is 2. The fraction of sp³-hybridized carbons (Fsp3) is 0.722. The molecule has 49 heavy (non-hydrogen) atoms. The van der Waals surface area contributed by atoms with Crippen molar-refractivity contribution in [2.45, 2.75) is 127 Å². The molecule has 0 aromatic heterocycles. The van der Waals surface area contributed by atoms with E-state index >= 15 is 0 Å². The van der Waals surface area contributed by atoms with E-state index in [1.54, 1.807) is 78.8 Å². The van der Waals surface area contributed by atoms with Crippen LogP contribution in [0.5, 0.6) is 0 Å². The van der Waals surface area contributed by atoms with Gasteiger partial charge in [0, 0.05) is 43.8 Å². The van der Waals surface area contributed by atoms with Crippen molar-refractivity contribution in [1.29, 1.82) is 0 Å². The zero-order valence-corrected chi connectivity index (χ0v) is 29.8. The lowest BCUT2D eigenvalue weighted by atomic mass is 9.44. The number of hydrogen-bond acceptors (Lipinski definition) is 12. The van der Waals surface area contributed by atoms with Crippen LogP contribution in [0.3, 0.4) is 0 Å². The molecule has 12 unspecified atom stereocenters. The summed E-state index contributed by atoms with van der Waals surface area (Å²) in [4.78, 5) is 26.6. The number of fused-ring (bicyclic) bond motifs is 5. The van der Waals surface area contributed by atoms with Crippen LogP contribution < -0.4 is 5.32 Å². The summed E-state index contributed by atoms with van der Waals surface area (Å²) in [6.45, 7) is 11.8. The van der Waals surface area contributed by atoms with Crippen molar-refractivity contribution in [2.24, 2.45) is 16.7 Å². The molecule has 6 N–H and O–H groups in total. The molecule has 3 fully saturated rings. The maximum absolute atomic E-state index is 13.8. The van der Waals surface area contributed by atoms with Gasteiger partial charge >= 0.3 is 12.1 Å². The lowest BCUT2D eigenvalue weighted by Gasteiger charge is -2.68. The Balaban J connectivity index is 1.56. The molecular weight excluding hydrogens is 638 g/mol. The quantitative estimate of drug-likeness (QED) is 0.180. The van der Waals surface area contributed by atoms with E-state index in [0.29, 0.717) is 16.7 Å². The lowest BCUT2D eigenvalue weighted by molar-refractivity contribution is -0.366. The van der Waals surface area contributed by atoms with Gasteiger partial charge in [0.25, 0.3) is 0 Å². The Kier molecular flexibility index (Phi) is 9.87. The zero-order valence-electron chi connectivity index (χ0n) is 29.8. The van der Waals surface area contributed by atoms with Gasteiger partial charge in [-0.2, -0.15) is 0 Å². The molecule has 3 aliphatic carbocycles. The fourth-order valence-electron chi connectivity index (χ4n) is 9.04. The first kappa shape index (κ1) is 37.6. The van der Waals surface area contributed by atoms with Crippen LogP contribution in [0.2, 0.25) is 0 Å². The summed E-state index contributed by atoms with van der Waals surface area (Å²) in [5.41, 5.74) is -5.84. The Morgan fingerprint density at radius 3 is 2.18 bits per heavy atom. The van der Waals surface area contributed by atoms with Crippen molar-refractivity contribution in [3.63, 3.8) is 0 Å². The first-order valence-electron chi connectivity index (χ1n) is 16.8. The van der Waals surface area contributed by atoms with Crippen LogP contribution in [-0.4, -0.2) is 118 Å². The van der Waals surface area contributed by atoms with E-state index in [4.69, 9.17) is 23.7 Å². The monoisotopic (exact) mass is 691 g/mol. The molecule has 2 bridgehead atoms. The summed E-state index contributed by atoms with van der Waals surface area (Å²) in [6, 6.07) is 7.13. The summed E-state index contributed by atoms with van der Waals surface area (Å²) < 4.78 is 28.9. The van der Waals surface area contributed by atoms with Gasteiger partial charge in [-0.15, -0.1) is 0 Å². The minimum atomic E-state index is -2.06. The number of carbonyl (C=O) groups is 2. The van der Waals surface area contributed by atoms with Crippen LogP contribution >= 0.6 is 0 Å². The molecule has 274 valence electrons. The van der Waals surface area contributed by atoms with Gasteiger partial charge in [0.1, 0.15) is 29.0 Å². The summed E-state index contributed by atoms with van der Waals surface area (Å²) in [6.07, 6.45) is -9.55. The van der Waals surface area contributed by atoms with Gasteiger partial charge in [-0.1, -0.05) is 51.1 Å². The molecule has 2 saturated carbocycles. The molecule has 4 aliphatic rings. The number of methoxy groups -OCH3 is 2. The molecule has 1 aromatic carbocycles. The normalized spacial score (nSPS) is 39.6. The third-order valence-electron chi connectivity index (χ3n) is 11.8. The summed E-state index contributed by atoms with van der Waals surface area (Å²) >= 11 is 0. The van der Waals surface area contributed by atoms with Crippen molar-refractivity contribution >= 4 is 12.1 Å². The van der Waals surface area contributed by atoms with Crippen molar-refractivity contribution < 1.29 is 58.8 Å². The van der Waals surface area contributed by atoms with Crippen LogP contribution in [0.4, 0.5) is 4.79 Å². The fourth-order valence-corrected chi connectivity index (χ4v) is 9.04. The van der Waals surface area contributed by atoms with Crippen LogP contribution in [0.25, 0.3) is 0 Å². The number of nitrogens with one attached hydrogen (secondary N) is 1. The van der Waals surface area contributed by atoms with Crippen molar-refractivity contribution in [2.75, 3.05) is 20.8 Å². The number of hydrogen-bond donors (Lipinski definition) is 6. The smallest absolute Gasteiger partial charge is 0.408 e. The standard InChI is InChI=1S/C36H53NO12/c1-18-20(48-30(41)25(38)24(19-13-11-10-12-14-19)37-31(42)49-32(2,3)4)16-36(44)29(40)27-34(7,21(45-8)15-22-35(27,43)17-47-22)28(39)26(46-9)23(18)33(36,5)6/h10-14,20-22,24-29,38-40,43-44H,15-17H2,1-9H3,(H,37,42). The van der Waals surface area contributed by atoms with Crippen molar-refractivity contribution in [1.82, 2.24) is 5.32 Å². The van der Waals surface area contributed by atoms with E-state index in [9.17, 15) is 35.1 Å². The van der Waals surface area contributed by atoms with Crippen LogP contribution in [0.1, 0.15) is 72.9 Å². The Bertz CT molecular complexity index is 1440. The molecule has 1 saturated heterocycles. The molecule has 5 rings (SSSR count). The van der Waals surface area contributed by atoms with Gasteiger partial charge in [0.05, 0.1) is 37.1 Å². The van der Waals surface area contributed by atoms with E-state index in [1.807, 2.05) is 0 Å². The highest BCUT2D eigenvalue weighted by atomic mass is 16.6. The highest BCUT2D eigenvalue weighted by Crippen LogP contribution is 2.64. The lowest BCUT2D eigenvalue weighted by Crippen LogP contribution is -2.81. The molecule has 1 amide bonds. The van der Waals surface area contributed by atoms with Gasteiger partial charge in [-0.05, 0) is 44.4 Å². The van der Waals surface area contributed by atoms with Gasteiger partial charge < -0.3 is 54.5 Å². The molecule has 13 heteroatoms. The minimum absolute atomic E-state index is 0.121. The number of alkyl carbamates (subject to hydrolysis) is 1. The average Bonchev–Trinajstić information content (AvgIpc) is 3.02. The van der Waals surface area contributed by atoms with Gasteiger partial charge in [-0.3, -0.25) is 0 Å². The second kappa shape index (κ2) is 12.9. The Labute approximate surface area is 287 Å². The highest BCUT2D eigenvalue weighted by molar-refractivity contribution is 5.78. The zero-order chi connectivity index (χ0) is 36.5. The number of benzene rings is 1. The van der Waals surface area contributed by atoms with Gasteiger partial charge in [0.15, 0.2) is 6.10 Å². The van der Waals surface area contributed by atoms with E-state index in [1.165, 1.54) is 14.2 Å². The second-order valence-corrected chi connectivity index (χ2v) is 15.9. The van der Waals surface area contributed by atoms with E-state index < -0.39 is 94.4 Å². The number of amides is 1. The first-order valence-corrected chi connectivity index (χ1v) is 16.8. The second-order valence-electron chi connectivity index (χ2n) is 15.9. The Hall–Kier alpha value is -2.62. The Morgan fingerprint density at radius 2 is 1.65 bits per heavy atom. The number of esters is 1. The van der Waals surface area contributed by atoms with E-state index in [0.717, 1.165) is 0 Å². The van der Waals surface area contributed by atoms with Crippen molar-refractivity contribution in [3.8, 4) is 0 Å². The van der Waals surface area contributed by atoms with Gasteiger partial charge in [0.2, 0.25) is 0 Å². The molecule has 12 atom stereocenters. The van der Waals surface area contributed by atoms with Crippen LogP contribution in [-0.2, 0) is 28.5 Å². The molecule has 0 radical (unpaired) electrons. The maximum atomic E-state index is 13.8. The first-order chi connectivity index (χ1) is 22.7. The summed E-state index contributed by atoms with van der Waals surface area (Å²) in [5.74, 6) is -2.26. The molecule has 13 nitrogen and oxygen atoms in total. The van der Waals surface area contributed by atoms with E-state index in [-0.39, 0.29) is 19.4 Å². The SMILES string of the molecule is COC1C2=C(C)C(OC(=O)C(O)C(NC(=O)OC(C)(C)C)c3ccccc3)CC(O)(C(O)C3C4(O)COC4CC(OC)C3(C)C1O)C2(C)C. The maximum Gasteiger partial charge on any atom is 0.408 e. The number of ether oxygens (including phenoxy) is 5. The average molecular weight is 692 g/mol. The molecule has 1 aliphatic heterocycles.